The van der Waals surface area contributed by atoms with E-state index in [-0.39, 0.29) is 6.61 Å². The van der Waals surface area contributed by atoms with Gasteiger partial charge in [-0.05, 0) is 33.3 Å². The van der Waals surface area contributed by atoms with E-state index in [1.54, 1.807) is 20.8 Å². The molecule has 0 fully saturated rings. The Morgan fingerprint density at radius 3 is 2.31 bits per heavy atom. The molecule has 7 nitrogen and oxygen atoms in total. The zero-order valence-electron chi connectivity index (χ0n) is 15.6. The minimum absolute atomic E-state index is 0.0759. The number of hydrogen-bond acceptors (Lipinski definition) is 5. The highest BCUT2D eigenvalue weighted by molar-refractivity contribution is 5.90. The van der Waals surface area contributed by atoms with Gasteiger partial charge >= 0.3 is 12.1 Å². The third kappa shape index (κ3) is 7.83. The van der Waals surface area contributed by atoms with Gasteiger partial charge in [0.25, 0.3) is 0 Å². The van der Waals surface area contributed by atoms with Gasteiger partial charge in [-0.15, -0.1) is 6.58 Å². The molecule has 0 aliphatic carbocycles. The lowest BCUT2D eigenvalue weighted by Crippen LogP contribution is -2.50. The monoisotopic (exact) mass is 362 g/mol. The predicted molar refractivity (Wildman–Crippen MR) is 97.2 cm³/mol. The average Bonchev–Trinajstić information content (AvgIpc) is 2.57. The lowest BCUT2D eigenvalue weighted by atomic mass is 10.2. The first-order valence-corrected chi connectivity index (χ1v) is 8.25. The number of hydrogen-bond donors (Lipinski definition) is 2. The number of rotatable bonds is 7. The van der Waals surface area contributed by atoms with Crippen LogP contribution in [0.2, 0.25) is 0 Å². The lowest BCUT2D eigenvalue weighted by molar-refractivity contribution is -0.158. The molecule has 0 unspecified atom stereocenters. The zero-order valence-corrected chi connectivity index (χ0v) is 15.6. The Kier molecular flexibility index (Phi) is 7.83. The Morgan fingerprint density at radius 1 is 1.15 bits per heavy atom. The smallest absolute Gasteiger partial charge is 0.408 e. The Hall–Kier alpha value is -2.83. The van der Waals surface area contributed by atoms with Crippen molar-refractivity contribution in [1.29, 1.82) is 0 Å². The molecule has 0 aliphatic rings. The number of carbonyl (C=O) groups excluding carboxylic acids is 3. The van der Waals surface area contributed by atoms with Gasteiger partial charge in [0.1, 0.15) is 24.3 Å². The maximum Gasteiger partial charge on any atom is 0.408 e. The molecule has 0 saturated carbocycles. The van der Waals surface area contributed by atoms with E-state index in [1.807, 2.05) is 30.3 Å². The number of alkyl carbamates (subject to hydrolysis) is 1. The molecule has 0 bridgehead atoms. The third-order valence-electron chi connectivity index (χ3n) is 3.12. The predicted octanol–water partition coefficient (Wildman–Crippen LogP) is 2.31. The summed E-state index contributed by atoms with van der Waals surface area (Å²) in [5.41, 5.74) is 0.161. The molecular weight excluding hydrogens is 336 g/mol. The molecule has 0 aromatic heterocycles. The van der Waals surface area contributed by atoms with E-state index in [9.17, 15) is 14.4 Å². The zero-order chi connectivity index (χ0) is 19.7. The van der Waals surface area contributed by atoms with Crippen molar-refractivity contribution in [2.75, 3.05) is 0 Å². The number of benzene rings is 1. The third-order valence-corrected chi connectivity index (χ3v) is 3.12. The summed E-state index contributed by atoms with van der Waals surface area (Å²) in [5.74, 6) is -1.16. The van der Waals surface area contributed by atoms with Crippen molar-refractivity contribution in [3.63, 3.8) is 0 Å². The van der Waals surface area contributed by atoms with Crippen LogP contribution in [0.25, 0.3) is 0 Å². The Labute approximate surface area is 153 Å². The average molecular weight is 362 g/mol. The molecule has 0 spiro atoms. The highest BCUT2D eigenvalue weighted by Crippen LogP contribution is 2.08. The van der Waals surface area contributed by atoms with E-state index < -0.39 is 35.7 Å². The second-order valence-corrected chi connectivity index (χ2v) is 6.68. The minimum Gasteiger partial charge on any atom is -0.458 e. The largest absolute Gasteiger partial charge is 0.458 e. The molecule has 1 rings (SSSR count). The molecule has 142 valence electrons. The molecule has 2 atom stereocenters. The second kappa shape index (κ2) is 9.60. The maximum atomic E-state index is 12.2. The number of ether oxygens (including phenoxy) is 2. The van der Waals surface area contributed by atoms with Crippen molar-refractivity contribution >= 4 is 18.0 Å². The van der Waals surface area contributed by atoms with Crippen LogP contribution in [-0.2, 0) is 25.7 Å². The van der Waals surface area contributed by atoms with E-state index in [0.29, 0.717) is 0 Å². The molecule has 2 N–H and O–H groups in total. The first-order valence-electron chi connectivity index (χ1n) is 8.25. The van der Waals surface area contributed by atoms with Crippen LogP contribution in [0.15, 0.2) is 43.0 Å². The number of carbonyl (C=O) groups is 3. The molecular formula is C19H26N2O5. The normalized spacial score (nSPS) is 13.1. The van der Waals surface area contributed by atoms with Gasteiger partial charge in [0.15, 0.2) is 0 Å². The summed E-state index contributed by atoms with van der Waals surface area (Å²) < 4.78 is 10.3. The van der Waals surface area contributed by atoms with E-state index >= 15 is 0 Å². The van der Waals surface area contributed by atoms with E-state index in [1.165, 1.54) is 13.0 Å². The number of amides is 2. The molecule has 1 aromatic rings. The van der Waals surface area contributed by atoms with Gasteiger partial charge in [-0.1, -0.05) is 36.4 Å². The van der Waals surface area contributed by atoms with Gasteiger partial charge in [0.05, 0.1) is 0 Å². The fourth-order valence-corrected chi connectivity index (χ4v) is 1.88. The van der Waals surface area contributed by atoms with Gasteiger partial charge < -0.3 is 20.1 Å². The molecule has 7 heteroatoms. The van der Waals surface area contributed by atoms with Gasteiger partial charge in [-0.25, -0.2) is 9.59 Å². The van der Waals surface area contributed by atoms with Crippen LogP contribution >= 0.6 is 0 Å². The summed E-state index contributed by atoms with van der Waals surface area (Å²) in [4.78, 5) is 36.0. The quantitative estimate of drug-likeness (QED) is 0.573. The van der Waals surface area contributed by atoms with Gasteiger partial charge in [0, 0.05) is 0 Å². The highest BCUT2D eigenvalue weighted by Gasteiger charge is 2.26. The van der Waals surface area contributed by atoms with Crippen molar-refractivity contribution < 1.29 is 23.9 Å². The first kappa shape index (κ1) is 21.2. The summed E-state index contributed by atoms with van der Waals surface area (Å²) in [6.45, 7) is 10.3. The summed E-state index contributed by atoms with van der Waals surface area (Å²) in [6, 6.07) is 7.23. The fraction of sp³-hybridized carbons (Fsp3) is 0.421. The van der Waals surface area contributed by atoms with Gasteiger partial charge in [-0.2, -0.15) is 0 Å². The topological polar surface area (TPSA) is 93.7 Å². The Morgan fingerprint density at radius 2 is 1.77 bits per heavy atom. The van der Waals surface area contributed by atoms with Crippen LogP contribution in [0.5, 0.6) is 0 Å². The fourth-order valence-electron chi connectivity index (χ4n) is 1.88. The van der Waals surface area contributed by atoms with Crippen molar-refractivity contribution in [2.45, 2.75) is 52.0 Å². The van der Waals surface area contributed by atoms with E-state index in [2.05, 4.69) is 17.2 Å². The number of esters is 1. The second-order valence-electron chi connectivity index (χ2n) is 6.68. The summed E-state index contributed by atoms with van der Waals surface area (Å²) in [7, 11) is 0. The molecule has 0 radical (unpaired) electrons. The SMILES string of the molecule is C=C[C@H](NC(=O)OCc1ccccc1)C(=O)N[C@@H](C)C(=O)OC(C)(C)C. The highest BCUT2D eigenvalue weighted by atomic mass is 16.6. The van der Waals surface area contributed by atoms with Crippen LogP contribution in [0.4, 0.5) is 4.79 Å². The van der Waals surface area contributed by atoms with Crippen molar-refractivity contribution in [1.82, 2.24) is 10.6 Å². The first-order chi connectivity index (χ1) is 12.1. The van der Waals surface area contributed by atoms with Crippen LogP contribution in [0.3, 0.4) is 0 Å². The Bertz CT molecular complexity index is 637. The molecule has 26 heavy (non-hydrogen) atoms. The lowest BCUT2D eigenvalue weighted by Gasteiger charge is -2.23. The molecule has 1 aromatic carbocycles. The van der Waals surface area contributed by atoms with Crippen LogP contribution in [0, 0.1) is 0 Å². The van der Waals surface area contributed by atoms with Crippen LogP contribution in [0.1, 0.15) is 33.3 Å². The molecule has 0 saturated heterocycles. The standard InChI is InChI=1S/C19H26N2O5/c1-6-15(16(22)20-13(2)17(23)26-19(3,4)5)21-18(24)25-12-14-10-8-7-9-11-14/h6-11,13,15H,1,12H2,2-5H3,(H,20,22)(H,21,24)/t13-,15-/m0/s1. The number of nitrogens with one attached hydrogen (secondary N) is 2. The maximum absolute atomic E-state index is 12.2. The molecule has 2 amide bonds. The van der Waals surface area contributed by atoms with Crippen LogP contribution in [-0.4, -0.2) is 35.7 Å². The van der Waals surface area contributed by atoms with Gasteiger partial charge in [0.2, 0.25) is 5.91 Å². The minimum atomic E-state index is -1.04. The molecule has 0 heterocycles. The van der Waals surface area contributed by atoms with Crippen LogP contribution < -0.4 is 10.6 Å². The van der Waals surface area contributed by atoms with Crippen molar-refractivity contribution in [2.24, 2.45) is 0 Å². The van der Waals surface area contributed by atoms with E-state index in [0.717, 1.165) is 5.56 Å². The van der Waals surface area contributed by atoms with Crippen molar-refractivity contribution in [3.8, 4) is 0 Å². The summed E-state index contributed by atoms with van der Waals surface area (Å²) in [6.07, 6.45) is 0.486. The Balaban J connectivity index is 2.50. The van der Waals surface area contributed by atoms with Crippen molar-refractivity contribution in [3.05, 3.63) is 48.6 Å². The van der Waals surface area contributed by atoms with E-state index in [4.69, 9.17) is 9.47 Å². The molecule has 0 aliphatic heterocycles. The summed E-state index contributed by atoms with van der Waals surface area (Å²) >= 11 is 0. The summed E-state index contributed by atoms with van der Waals surface area (Å²) in [5, 5.41) is 4.86. The van der Waals surface area contributed by atoms with Gasteiger partial charge in [-0.3, -0.25) is 4.79 Å².